The zero-order valence-corrected chi connectivity index (χ0v) is 13.6. The highest BCUT2D eigenvalue weighted by atomic mass is 16.1. The molecule has 1 atom stereocenters. The number of hydrogen-bond acceptors (Lipinski definition) is 3. The Morgan fingerprint density at radius 2 is 2.04 bits per heavy atom. The van der Waals surface area contributed by atoms with Crippen LogP contribution in [-0.2, 0) is 0 Å². The van der Waals surface area contributed by atoms with Crippen LogP contribution in [0.15, 0.2) is 42.6 Å². The van der Waals surface area contributed by atoms with Gasteiger partial charge in [0, 0.05) is 17.4 Å². The number of amides is 1. The minimum atomic E-state index is -0.135. The van der Waals surface area contributed by atoms with Gasteiger partial charge in [0.15, 0.2) is 5.65 Å². The minimum Gasteiger partial charge on any atom is -0.322 e. The summed E-state index contributed by atoms with van der Waals surface area (Å²) in [5, 5.41) is 11.1. The number of nitrogens with one attached hydrogen (secondary N) is 1. The lowest BCUT2D eigenvalue weighted by Gasteiger charge is -2.15. The number of rotatable bonds is 4. The van der Waals surface area contributed by atoms with Gasteiger partial charge >= 0.3 is 0 Å². The summed E-state index contributed by atoms with van der Waals surface area (Å²) in [5.74, 6) is 1.06. The predicted octanol–water partition coefficient (Wildman–Crippen LogP) is 3.80. The zero-order chi connectivity index (χ0) is 16.4. The Kier molecular flexibility index (Phi) is 4.10. The molecule has 2 aromatic heterocycles. The second-order valence-electron chi connectivity index (χ2n) is 5.74. The highest BCUT2D eigenvalue weighted by Gasteiger charge is 2.13. The second kappa shape index (κ2) is 6.20. The third-order valence-corrected chi connectivity index (χ3v) is 4.19. The number of anilines is 1. The van der Waals surface area contributed by atoms with Gasteiger partial charge in [0.05, 0.1) is 0 Å². The van der Waals surface area contributed by atoms with Crippen molar-refractivity contribution in [1.29, 1.82) is 0 Å². The van der Waals surface area contributed by atoms with Crippen LogP contribution in [0.25, 0.3) is 5.65 Å². The van der Waals surface area contributed by atoms with Crippen molar-refractivity contribution in [2.24, 2.45) is 0 Å². The molecule has 0 spiro atoms. The van der Waals surface area contributed by atoms with Crippen molar-refractivity contribution in [2.45, 2.75) is 33.1 Å². The van der Waals surface area contributed by atoms with Crippen molar-refractivity contribution >= 4 is 17.2 Å². The summed E-state index contributed by atoms with van der Waals surface area (Å²) in [5.41, 5.74) is 3.27. The maximum absolute atomic E-state index is 12.6. The molecule has 1 N–H and O–H groups in total. The van der Waals surface area contributed by atoms with Gasteiger partial charge in [0.2, 0.25) is 0 Å². The van der Waals surface area contributed by atoms with Gasteiger partial charge in [-0.05, 0) is 43.0 Å². The van der Waals surface area contributed by atoms with Crippen LogP contribution in [0.2, 0.25) is 0 Å². The van der Waals surface area contributed by atoms with E-state index >= 15 is 0 Å². The second-order valence-corrected chi connectivity index (χ2v) is 5.74. The molecular weight excluding hydrogens is 288 g/mol. The van der Waals surface area contributed by atoms with Crippen molar-refractivity contribution in [3.63, 3.8) is 0 Å². The van der Waals surface area contributed by atoms with E-state index in [1.807, 2.05) is 35.7 Å². The van der Waals surface area contributed by atoms with E-state index in [4.69, 9.17) is 0 Å². The van der Waals surface area contributed by atoms with Gasteiger partial charge in [0.1, 0.15) is 5.82 Å². The molecule has 1 unspecified atom stereocenters. The number of aryl methyl sites for hydroxylation is 1. The summed E-state index contributed by atoms with van der Waals surface area (Å²) in [6.45, 7) is 6.18. The van der Waals surface area contributed by atoms with Crippen LogP contribution in [0.3, 0.4) is 0 Å². The maximum Gasteiger partial charge on any atom is 0.255 e. The van der Waals surface area contributed by atoms with Gasteiger partial charge in [0.25, 0.3) is 5.91 Å². The van der Waals surface area contributed by atoms with E-state index in [-0.39, 0.29) is 5.91 Å². The van der Waals surface area contributed by atoms with Gasteiger partial charge in [-0.25, -0.2) is 0 Å². The van der Waals surface area contributed by atoms with Gasteiger partial charge in [-0.2, -0.15) is 0 Å². The fourth-order valence-corrected chi connectivity index (χ4v) is 2.61. The Bertz CT molecular complexity index is 853. The minimum absolute atomic E-state index is 0.135. The normalized spacial score (nSPS) is 12.3. The molecule has 0 saturated carbocycles. The van der Waals surface area contributed by atoms with Crippen molar-refractivity contribution in [1.82, 2.24) is 14.6 Å². The Morgan fingerprint density at radius 3 is 2.83 bits per heavy atom. The fraction of sp³-hybridized carbons (Fsp3) is 0.278. The van der Waals surface area contributed by atoms with Gasteiger partial charge < -0.3 is 5.32 Å². The van der Waals surface area contributed by atoms with E-state index < -0.39 is 0 Å². The Balaban J connectivity index is 1.89. The van der Waals surface area contributed by atoms with E-state index in [1.54, 1.807) is 12.1 Å². The highest BCUT2D eigenvalue weighted by molar-refractivity contribution is 6.05. The van der Waals surface area contributed by atoms with Crippen LogP contribution in [0, 0.1) is 6.92 Å². The molecule has 1 amide bonds. The average Bonchev–Trinajstić information content (AvgIpc) is 2.95. The van der Waals surface area contributed by atoms with Crippen LogP contribution >= 0.6 is 0 Å². The Hall–Kier alpha value is -2.69. The smallest absolute Gasteiger partial charge is 0.255 e. The summed E-state index contributed by atoms with van der Waals surface area (Å²) in [4.78, 5) is 12.6. The monoisotopic (exact) mass is 308 g/mol. The maximum atomic E-state index is 12.6. The number of aromatic nitrogens is 3. The number of carbonyl (C=O) groups excluding carboxylic acids is 1. The van der Waals surface area contributed by atoms with Crippen LogP contribution in [-0.4, -0.2) is 20.5 Å². The molecule has 0 radical (unpaired) electrons. The third kappa shape index (κ3) is 2.95. The first-order valence-corrected chi connectivity index (χ1v) is 7.81. The standard InChI is InChI=1S/C18H20N4O/c1-4-12(2)15-7-5-6-8-16(15)19-18(23)14-9-10-22-13(3)20-21-17(22)11-14/h5-12H,4H2,1-3H3,(H,19,23). The molecule has 0 aliphatic rings. The summed E-state index contributed by atoms with van der Waals surface area (Å²) < 4.78 is 1.85. The number of fused-ring (bicyclic) bond motifs is 1. The van der Waals surface area contributed by atoms with E-state index in [2.05, 4.69) is 35.4 Å². The lowest BCUT2D eigenvalue weighted by Crippen LogP contribution is -2.14. The summed E-state index contributed by atoms with van der Waals surface area (Å²) in [6.07, 6.45) is 2.85. The van der Waals surface area contributed by atoms with Crippen LogP contribution in [0.5, 0.6) is 0 Å². The van der Waals surface area contributed by atoms with E-state index in [0.717, 1.165) is 23.5 Å². The molecule has 5 heteroatoms. The molecular formula is C18H20N4O. The third-order valence-electron chi connectivity index (χ3n) is 4.19. The van der Waals surface area contributed by atoms with E-state index in [1.165, 1.54) is 0 Å². The quantitative estimate of drug-likeness (QED) is 0.797. The van der Waals surface area contributed by atoms with Crippen molar-refractivity contribution in [3.05, 3.63) is 59.5 Å². The van der Waals surface area contributed by atoms with Crippen molar-refractivity contribution in [3.8, 4) is 0 Å². The first-order chi connectivity index (χ1) is 11.1. The number of pyridine rings is 1. The number of carbonyl (C=O) groups is 1. The largest absolute Gasteiger partial charge is 0.322 e. The van der Waals surface area contributed by atoms with Crippen molar-refractivity contribution in [2.75, 3.05) is 5.32 Å². The van der Waals surface area contributed by atoms with E-state index in [9.17, 15) is 4.79 Å². The number of benzene rings is 1. The molecule has 23 heavy (non-hydrogen) atoms. The lowest BCUT2D eigenvalue weighted by molar-refractivity contribution is 0.102. The number of nitrogens with zero attached hydrogens (tertiary/aromatic N) is 3. The zero-order valence-electron chi connectivity index (χ0n) is 13.6. The molecule has 5 nitrogen and oxygen atoms in total. The molecule has 0 aliphatic carbocycles. The Morgan fingerprint density at radius 1 is 1.26 bits per heavy atom. The molecule has 0 saturated heterocycles. The molecule has 0 aliphatic heterocycles. The van der Waals surface area contributed by atoms with Gasteiger partial charge in [-0.15, -0.1) is 10.2 Å². The molecule has 0 fully saturated rings. The predicted molar refractivity (Wildman–Crippen MR) is 90.8 cm³/mol. The molecule has 3 aromatic rings. The van der Waals surface area contributed by atoms with Crippen LogP contribution in [0.1, 0.15) is 47.9 Å². The van der Waals surface area contributed by atoms with Crippen LogP contribution in [0.4, 0.5) is 5.69 Å². The number of hydrogen-bond donors (Lipinski definition) is 1. The molecule has 2 heterocycles. The molecule has 0 bridgehead atoms. The fourth-order valence-electron chi connectivity index (χ4n) is 2.61. The van der Waals surface area contributed by atoms with Gasteiger partial charge in [-0.1, -0.05) is 32.0 Å². The van der Waals surface area contributed by atoms with Crippen LogP contribution < -0.4 is 5.32 Å². The summed E-state index contributed by atoms with van der Waals surface area (Å²) >= 11 is 0. The number of para-hydroxylation sites is 1. The summed E-state index contributed by atoms with van der Waals surface area (Å²) in [7, 11) is 0. The van der Waals surface area contributed by atoms with Crippen molar-refractivity contribution < 1.29 is 4.79 Å². The molecule has 1 aromatic carbocycles. The lowest BCUT2D eigenvalue weighted by atomic mass is 9.97. The Labute approximate surface area is 135 Å². The summed E-state index contributed by atoms with van der Waals surface area (Å²) in [6, 6.07) is 11.5. The molecule has 118 valence electrons. The first-order valence-electron chi connectivity index (χ1n) is 7.81. The van der Waals surface area contributed by atoms with Gasteiger partial charge in [-0.3, -0.25) is 9.20 Å². The SMILES string of the molecule is CCC(C)c1ccccc1NC(=O)c1ccn2c(C)nnc2c1. The topological polar surface area (TPSA) is 59.3 Å². The average molecular weight is 308 g/mol. The first kappa shape index (κ1) is 15.2. The van der Waals surface area contributed by atoms with E-state index in [0.29, 0.717) is 17.1 Å². The molecule has 3 rings (SSSR count). The highest BCUT2D eigenvalue weighted by Crippen LogP contribution is 2.26.